The van der Waals surface area contributed by atoms with Gasteiger partial charge >= 0.3 is 0 Å². The van der Waals surface area contributed by atoms with Crippen LogP contribution in [0.15, 0.2) is 18.2 Å². The van der Waals surface area contributed by atoms with Crippen molar-refractivity contribution < 1.29 is 9.59 Å². The summed E-state index contributed by atoms with van der Waals surface area (Å²) in [6.45, 7) is 7.11. The number of carbonyl (C=O) groups is 2. The zero-order valence-corrected chi connectivity index (χ0v) is 16.5. The molecule has 2 aliphatic rings. The summed E-state index contributed by atoms with van der Waals surface area (Å²) in [7, 11) is 0. The van der Waals surface area contributed by atoms with Gasteiger partial charge in [-0.3, -0.25) is 9.59 Å². The highest BCUT2D eigenvalue weighted by molar-refractivity contribution is 5.97. The molecule has 1 saturated heterocycles. The average molecular weight is 380 g/mol. The Labute approximate surface area is 162 Å². The maximum atomic E-state index is 12.6. The fourth-order valence-electron chi connectivity index (χ4n) is 3.24. The molecule has 2 N–H and O–H groups in total. The molecule has 5 nitrogen and oxygen atoms in total. The van der Waals surface area contributed by atoms with Crippen LogP contribution in [0.5, 0.6) is 0 Å². The predicted octanol–water partition coefficient (Wildman–Crippen LogP) is 3.23. The second-order valence-electron chi connectivity index (χ2n) is 7.63. The van der Waals surface area contributed by atoms with E-state index in [0.29, 0.717) is 18.0 Å². The Morgan fingerprint density at radius 2 is 1.85 bits per heavy atom. The van der Waals surface area contributed by atoms with E-state index in [1.54, 1.807) is 0 Å². The fourth-order valence-corrected chi connectivity index (χ4v) is 3.24. The van der Waals surface area contributed by atoms with Gasteiger partial charge in [0.25, 0.3) is 5.91 Å². The Morgan fingerprint density at radius 1 is 1.15 bits per heavy atom. The van der Waals surface area contributed by atoms with E-state index in [1.165, 1.54) is 12.8 Å². The third-order valence-electron chi connectivity index (χ3n) is 5.23. The number of hydrogen-bond acceptors (Lipinski definition) is 3. The number of piperidine rings is 1. The fraction of sp³-hybridized carbons (Fsp3) is 0.600. The Balaban J connectivity index is 0.00000243. The number of likely N-dealkylation sites (tertiary alicyclic amines) is 1. The first kappa shape index (κ1) is 20.7. The molecule has 1 aromatic rings. The van der Waals surface area contributed by atoms with Gasteiger partial charge in [-0.05, 0) is 74.8 Å². The van der Waals surface area contributed by atoms with Crippen molar-refractivity contribution in [3.05, 3.63) is 29.3 Å². The van der Waals surface area contributed by atoms with Crippen LogP contribution in [0.25, 0.3) is 0 Å². The normalized spacial score (nSPS) is 17.5. The lowest BCUT2D eigenvalue weighted by Gasteiger charge is -2.30. The van der Waals surface area contributed by atoms with Crippen LogP contribution >= 0.6 is 12.4 Å². The lowest BCUT2D eigenvalue weighted by Crippen LogP contribution is -2.37. The van der Waals surface area contributed by atoms with Crippen molar-refractivity contribution in [1.82, 2.24) is 10.2 Å². The van der Waals surface area contributed by atoms with Gasteiger partial charge in [0.1, 0.15) is 0 Å². The van der Waals surface area contributed by atoms with Crippen LogP contribution in [0, 0.1) is 18.8 Å². The van der Waals surface area contributed by atoms with E-state index < -0.39 is 0 Å². The number of halogens is 1. The third-order valence-corrected chi connectivity index (χ3v) is 5.23. The van der Waals surface area contributed by atoms with Crippen molar-refractivity contribution in [3.8, 4) is 0 Å². The first-order chi connectivity index (χ1) is 12.0. The molecule has 0 unspecified atom stereocenters. The number of nitrogens with zero attached hydrogens (tertiary/aromatic N) is 1. The summed E-state index contributed by atoms with van der Waals surface area (Å²) < 4.78 is 0. The number of aryl methyl sites for hydroxylation is 1. The summed E-state index contributed by atoms with van der Waals surface area (Å²) in [5.74, 6) is 1.53. The second kappa shape index (κ2) is 9.38. The molecule has 1 aliphatic heterocycles. The third kappa shape index (κ3) is 5.71. The zero-order valence-electron chi connectivity index (χ0n) is 15.7. The van der Waals surface area contributed by atoms with Gasteiger partial charge in [-0.1, -0.05) is 6.92 Å². The molecular formula is C20H30ClN3O2. The standard InChI is InChI=1S/C20H29N3O2.ClH/c1-14-7-9-23(10-8-14)20(25)17-5-6-18(15(2)11-17)22-19(24)13-21-12-16-3-4-16;/h5-6,11,14,16,21H,3-4,7-10,12-13H2,1-2H3,(H,22,24);1H. The van der Waals surface area contributed by atoms with Gasteiger partial charge in [-0.2, -0.15) is 0 Å². The summed E-state index contributed by atoms with van der Waals surface area (Å²) in [6, 6.07) is 5.54. The molecule has 26 heavy (non-hydrogen) atoms. The summed E-state index contributed by atoms with van der Waals surface area (Å²) in [4.78, 5) is 26.6. The molecule has 2 amide bonds. The maximum Gasteiger partial charge on any atom is 0.253 e. The molecule has 1 aromatic carbocycles. The van der Waals surface area contributed by atoms with Crippen LogP contribution in [0.2, 0.25) is 0 Å². The van der Waals surface area contributed by atoms with Crippen LogP contribution in [0.1, 0.15) is 48.5 Å². The Kier molecular flexibility index (Phi) is 7.47. The highest BCUT2D eigenvalue weighted by Gasteiger charge is 2.22. The molecule has 3 rings (SSSR count). The van der Waals surface area contributed by atoms with E-state index in [4.69, 9.17) is 0 Å². The molecule has 1 aliphatic carbocycles. The van der Waals surface area contributed by atoms with E-state index in [9.17, 15) is 9.59 Å². The first-order valence-electron chi connectivity index (χ1n) is 9.43. The van der Waals surface area contributed by atoms with Crippen molar-refractivity contribution >= 4 is 29.9 Å². The van der Waals surface area contributed by atoms with E-state index in [-0.39, 0.29) is 24.2 Å². The molecule has 0 bridgehead atoms. The van der Waals surface area contributed by atoms with Gasteiger partial charge in [0.15, 0.2) is 0 Å². The monoisotopic (exact) mass is 379 g/mol. The molecule has 0 atom stereocenters. The van der Waals surface area contributed by atoms with Crippen molar-refractivity contribution in [2.75, 3.05) is 31.5 Å². The number of nitrogens with one attached hydrogen (secondary N) is 2. The van der Waals surface area contributed by atoms with Gasteiger partial charge in [0, 0.05) is 24.3 Å². The highest BCUT2D eigenvalue weighted by Crippen LogP contribution is 2.27. The maximum absolute atomic E-state index is 12.6. The molecule has 1 saturated carbocycles. The van der Waals surface area contributed by atoms with E-state index in [2.05, 4.69) is 17.6 Å². The molecule has 1 heterocycles. The average Bonchev–Trinajstić information content (AvgIpc) is 3.41. The van der Waals surface area contributed by atoms with Crippen molar-refractivity contribution in [3.63, 3.8) is 0 Å². The zero-order chi connectivity index (χ0) is 17.8. The van der Waals surface area contributed by atoms with E-state index in [1.807, 2.05) is 30.0 Å². The number of benzene rings is 1. The highest BCUT2D eigenvalue weighted by atomic mass is 35.5. The quantitative estimate of drug-likeness (QED) is 0.797. The summed E-state index contributed by atoms with van der Waals surface area (Å²) >= 11 is 0. The van der Waals surface area contributed by atoms with Crippen molar-refractivity contribution in [2.24, 2.45) is 11.8 Å². The van der Waals surface area contributed by atoms with E-state index in [0.717, 1.165) is 49.6 Å². The number of anilines is 1. The minimum Gasteiger partial charge on any atom is -0.339 e. The number of hydrogen-bond donors (Lipinski definition) is 2. The van der Waals surface area contributed by atoms with Crippen molar-refractivity contribution in [2.45, 2.75) is 39.5 Å². The summed E-state index contributed by atoms with van der Waals surface area (Å²) in [5, 5.41) is 6.12. The van der Waals surface area contributed by atoms with Gasteiger partial charge in [-0.25, -0.2) is 0 Å². The number of amides is 2. The van der Waals surface area contributed by atoms with Gasteiger partial charge in [-0.15, -0.1) is 12.4 Å². The van der Waals surface area contributed by atoms with Gasteiger partial charge < -0.3 is 15.5 Å². The van der Waals surface area contributed by atoms with E-state index >= 15 is 0 Å². The minimum absolute atomic E-state index is 0. The van der Waals surface area contributed by atoms with Crippen LogP contribution < -0.4 is 10.6 Å². The van der Waals surface area contributed by atoms with Crippen LogP contribution in [-0.4, -0.2) is 42.9 Å². The molecule has 0 radical (unpaired) electrons. The first-order valence-corrected chi connectivity index (χ1v) is 9.43. The van der Waals surface area contributed by atoms with Gasteiger partial charge in [0.2, 0.25) is 5.91 Å². The molecule has 144 valence electrons. The van der Waals surface area contributed by atoms with Crippen LogP contribution in [0.4, 0.5) is 5.69 Å². The van der Waals surface area contributed by atoms with Crippen molar-refractivity contribution in [1.29, 1.82) is 0 Å². The lowest BCUT2D eigenvalue weighted by atomic mass is 9.98. The Bertz CT molecular complexity index is 638. The molecule has 6 heteroatoms. The number of carbonyl (C=O) groups excluding carboxylic acids is 2. The lowest BCUT2D eigenvalue weighted by molar-refractivity contribution is -0.115. The summed E-state index contributed by atoms with van der Waals surface area (Å²) in [5.41, 5.74) is 2.41. The molecule has 0 aromatic heterocycles. The topological polar surface area (TPSA) is 61.4 Å². The minimum atomic E-state index is -0.0344. The SMILES string of the molecule is Cc1cc(C(=O)N2CCC(C)CC2)ccc1NC(=O)CNCC1CC1.Cl. The Hall–Kier alpha value is -1.59. The molecule has 0 spiro atoms. The van der Waals surface area contributed by atoms with Crippen LogP contribution in [0.3, 0.4) is 0 Å². The summed E-state index contributed by atoms with van der Waals surface area (Å²) in [6.07, 6.45) is 4.71. The Morgan fingerprint density at radius 3 is 2.46 bits per heavy atom. The van der Waals surface area contributed by atoms with Crippen LogP contribution in [-0.2, 0) is 4.79 Å². The predicted molar refractivity (Wildman–Crippen MR) is 107 cm³/mol. The van der Waals surface area contributed by atoms with Gasteiger partial charge in [0.05, 0.1) is 6.54 Å². The number of rotatable bonds is 6. The molecule has 2 fully saturated rings. The second-order valence-corrected chi connectivity index (χ2v) is 7.63. The smallest absolute Gasteiger partial charge is 0.253 e. The largest absolute Gasteiger partial charge is 0.339 e. The molecular weight excluding hydrogens is 350 g/mol.